The van der Waals surface area contributed by atoms with Crippen molar-refractivity contribution < 1.29 is 32.5 Å². The summed E-state index contributed by atoms with van der Waals surface area (Å²) in [5.74, 6) is 1.05. The monoisotopic (exact) mass is 516 g/mol. The molecule has 4 atom stereocenters. The number of rotatable bonds is 7. The van der Waals surface area contributed by atoms with Crippen LogP contribution in [-0.4, -0.2) is 69.4 Å². The smallest absolute Gasteiger partial charge is 0.262 e. The lowest BCUT2D eigenvalue weighted by atomic mass is 9.84. The van der Waals surface area contributed by atoms with Gasteiger partial charge < -0.3 is 24.2 Å². The molecule has 0 spiro atoms. The number of methoxy groups -OCH3 is 1. The molecule has 2 saturated heterocycles. The fourth-order valence-corrected chi connectivity index (χ4v) is 6.49. The van der Waals surface area contributed by atoms with E-state index in [1.54, 1.807) is 30.3 Å². The lowest BCUT2D eigenvalue weighted by Crippen LogP contribution is -2.48. The van der Waals surface area contributed by atoms with Crippen molar-refractivity contribution in [3.63, 3.8) is 0 Å². The van der Waals surface area contributed by atoms with Crippen LogP contribution in [-0.2, 0) is 19.6 Å². The number of sulfonamides is 1. The molecule has 0 saturated carbocycles. The molecule has 2 aromatic carbocycles. The van der Waals surface area contributed by atoms with Gasteiger partial charge in [-0.3, -0.25) is 9.52 Å². The predicted molar refractivity (Wildman–Crippen MR) is 133 cm³/mol. The number of piperidine rings is 1. The normalized spacial score (nSPS) is 25.4. The minimum Gasteiger partial charge on any atom is -0.497 e. The van der Waals surface area contributed by atoms with Crippen LogP contribution in [0.1, 0.15) is 43.6 Å². The number of hydrogen-bond donors (Lipinski definition) is 2. The highest BCUT2D eigenvalue weighted by atomic mass is 32.2. The zero-order valence-corrected chi connectivity index (χ0v) is 21.1. The number of ether oxygens (including phenoxy) is 3. The lowest BCUT2D eigenvalue weighted by molar-refractivity contribution is -0.149. The molecular weight excluding hydrogens is 484 g/mol. The van der Waals surface area contributed by atoms with Crippen molar-refractivity contribution in [2.24, 2.45) is 0 Å². The highest BCUT2D eigenvalue weighted by molar-refractivity contribution is 7.92. The maximum atomic E-state index is 13.0. The number of carbonyl (C=O) groups excluding carboxylic acids is 1. The molecule has 3 aliphatic heterocycles. The van der Waals surface area contributed by atoms with E-state index in [2.05, 4.69) is 4.72 Å². The van der Waals surface area contributed by atoms with Crippen LogP contribution in [0.25, 0.3) is 0 Å². The van der Waals surface area contributed by atoms with Crippen molar-refractivity contribution in [1.29, 1.82) is 0 Å². The number of carbonyl (C=O) groups is 1. The quantitative estimate of drug-likeness (QED) is 0.582. The molecule has 3 aliphatic rings. The van der Waals surface area contributed by atoms with E-state index < -0.39 is 22.2 Å². The Hall–Kier alpha value is -2.82. The van der Waals surface area contributed by atoms with Gasteiger partial charge in [-0.15, -0.1) is 0 Å². The van der Waals surface area contributed by atoms with Gasteiger partial charge in [0, 0.05) is 36.3 Å². The molecule has 0 radical (unpaired) electrons. The summed E-state index contributed by atoms with van der Waals surface area (Å²) in [6, 6.07) is 11.4. The van der Waals surface area contributed by atoms with Crippen molar-refractivity contribution in [2.75, 3.05) is 31.5 Å². The first-order chi connectivity index (χ1) is 17.4. The zero-order chi connectivity index (χ0) is 25.3. The average Bonchev–Trinajstić information content (AvgIpc) is 3.26. The van der Waals surface area contributed by atoms with Crippen LogP contribution >= 0.6 is 0 Å². The second-order valence-electron chi connectivity index (χ2n) is 9.59. The van der Waals surface area contributed by atoms with Crippen LogP contribution in [0.4, 0.5) is 5.69 Å². The summed E-state index contributed by atoms with van der Waals surface area (Å²) in [6.45, 7) is 1.34. The van der Waals surface area contributed by atoms with Gasteiger partial charge in [0.1, 0.15) is 23.7 Å². The number of fused-ring (bicyclic) bond motifs is 3. The third-order valence-corrected chi connectivity index (χ3v) is 8.59. The molecule has 0 aromatic heterocycles. The standard InChI is InChI=1S/C26H32N2O7S/c1-33-18-6-5-7-20(13-18)36(31,32)27-17-8-9-23-21(12-17)22-14-19(34-24(16-29)26(22)35-23)15-25(30)28-10-3-2-4-11-28/h5-9,12-13,19,22,24,26-27,29H,2-4,10-11,14-16H2,1H3/t19-,22-,24-,26+/m1/s1. The Morgan fingerprint density at radius 2 is 1.97 bits per heavy atom. The molecule has 10 heteroatoms. The Bertz CT molecular complexity index is 1210. The molecule has 2 N–H and O–H groups in total. The van der Waals surface area contributed by atoms with E-state index in [1.165, 1.54) is 19.2 Å². The van der Waals surface area contributed by atoms with E-state index in [0.717, 1.165) is 37.9 Å². The number of amides is 1. The third-order valence-electron chi connectivity index (χ3n) is 7.21. The minimum atomic E-state index is -3.83. The second kappa shape index (κ2) is 10.3. The summed E-state index contributed by atoms with van der Waals surface area (Å²) in [5.41, 5.74) is 1.26. The Morgan fingerprint density at radius 1 is 1.17 bits per heavy atom. The van der Waals surface area contributed by atoms with Gasteiger partial charge in [-0.2, -0.15) is 0 Å². The first kappa shape index (κ1) is 24.9. The van der Waals surface area contributed by atoms with Crippen LogP contribution in [0.15, 0.2) is 47.4 Å². The summed E-state index contributed by atoms with van der Waals surface area (Å²) in [6.07, 6.45) is 2.72. The number of benzene rings is 2. The van der Waals surface area contributed by atoms with E-state index in [-0.39, 0.29) is 35.9 Å². The molecule has 0 bridgehead atoms. The van der Waals surface area contributed by atoms with E-state index >= 15 is 0 Å². The molecule has 1 amide bonds. The van der Waals surface area contributed by atoms with Gasteiger partial charge in [0.15, 0.2) is 0 Å². The van der Waals surface area contributed by atoms with Gasteiger partial charge in [-0.05, 0) is 56.0 Å². The summed E-state index contributed by atoms with van der Waals surface area (Å²) >= 11 is 0. The summed E-state index contributed by atoms with van der Waals surface area (Å²) < 4.78 is 46.0. The van der Waals surface area contributed by atoms with Crippen LogP contribution in [0.2, 0.25) is 0 Å². The van der Waals surface area contributed by atoms with Crippen molar-refractivity contribution in [3.05, 3.63) is 48.0 Å². The highest BCUT2D eigenvalue weighted by Crippen LogP contribution is 2.47. The largest absolute Gasteiger partial charge is 0.497 e. The predicted octanol–water partition coefficient (Wildman–Crippen LogP) is 2.89. The number of likely N-dealkylation sites (tertiary alicyclic amines) is 1. The first-order valence-corrected chi connectivity index (χ1v) is 13.9. The lowest BCUT2D eigenvalue weighted by Gasteiger charge is -2.38. The molecule has 3 heterocycles. The summed E-state index contributed by atoms with van der Waals surface area (Å²) in [7, 11) is -2.35. The topological polar surface area (TPSA) is 114 Å². The van der Waals surface area contributed by atoms with Crippen LogP contribution in [0.3, 0.4) is 0 Å². The number of hydrogen-bond acceptors (Lipinski definition) is 7. The Balaban J connectivity index is 1.34. The highest BCUT2D eigenvalue weighted by Gasteiger charge is 2.46. The number of anilines is 1. The van der Waals surface area contributed by atoms with Gasteiger partial charge in [0.05, 0.1) is 31.1 Å². The van der Waals surface area contributed by atoms with Crippen molar-refractivity contribution >= 4 is 21.6 Å². The van der Waals surface area contributed by atoms with E-state index in [0.29, 0.717) is 23.6 Å². The SMILES string of the molecule is COc1cccc(S(=O)(=O)Nc2ccc3c(c2)[C@H]2C[C@H](CC(=O)N4CCCCC4)O[C@H](CO)[C@H]2O3)c1. The summed E-state index contributed by atoms with van der Waals surface area (Å²) in [5, 5.41) is 9.99. The molecule has 0 unspecified atom stereocenters. The summed E-state index contributed by atoms with van der Waals surface area (Å²) in [4.78, 5) is 14.9. The molecule has 194 valence electrons. The Labute approximate surface area is 211 Å². The first-order valence-electron chi connectivity index (χ1n) is 12.4. The molecule has 2 fully saturated rings. The maximum absolute atomic E-state index is 13.0. The van der Waals surface area contributed by atoms with Gasteiger partial charge in [-0.1, -0.05) is 6.07 Å². The maximum Gasteiger partial charge on any atom is 0.262 e. The van der Waals surface area contributed by atoms with E-state index in [1.807, 2.05) is 4.90 Å². The van der Waals surface area contributed by atoms with Gasteiger partial charge in [0.2, 0.25) is 5.91 Å². The van der Waals surface area contributed by atoms with E-state index in [9.17, 15) is 18.3 Å². The third kappa shape index (κ3) is 5.02. The second-order valence-corrected chi connectivity index (χ2v) is 11.3. The van der Waals surface area contributed by atoms with Crippen LogP contribution in [0, 0.1) is 0 Å². The molecule has 36 heavy (non-hydrogen) atoms. The van der Waals surface area contributed by atoms with Crippen molar-refractivity contribution in [1.82, 2.24) is 4.90 Å². The van der Waals surface area contributed by atoms with E-state index in [4.69, 9.17) is 14.2 Å². The number of aliphatic hydroxyl groups excluding tert-OH is 1. The zero-order valence-electron chi connectivity index (χ0n) is 20.3. The molecule has 9 nitrogen and oxygen atoms in total. The fraction of sp³-hybridized carbons (Fsp3) is 0.500. The number of nitrogens with zero attached hydrogens (tertiary/aromatic N) is 1. The number of aliphatic hydroxyl groups is 1. The van der Waals surface area contributed by atoms with Gasteiger partial charge >= 0.3 is 0 Å². The van der Waals surface area contributed by atoms with Crippen molar-refractivity contribution in [2.45, 2.75) is 61.2 Å². The molecule has 5 rings (SSSR count). The molecule has 2 aromatic rings. The molecule has 0 aliphatic carbocycles. The van der Waals surface area contributed by atoms with Gasteiger partial charge in [0.25, 0.3) is 10.0 Å². The van der Waals surface area contributed by atoms with Crippen LogP contribution < -0.4 is 14.2 Å². The number of nitrogens with one attached hydrogen (secondary N) is 1. The fourth-order valence-electron chi connectivity index (χ4n) is 5.40. The van der Waals surface area contributed by atoms with Crippen LogP contribution in [0.5, 0.6) is 11.5 Å². The van der Waals surface area contributed by atoms with Gasteiger partial charge in [-0.25, -0.2) is 8.42 Å². The average molecular weight is 517 g/mol. The Kier molecular flexibility index (Phi) is 7.09. The molecular formula is C26H32N2O7S. The van der Waals surface area contributed by atoms with Crippen molar-refractivity contribution in [3.8, 4) is 11.5 Å². The Morgan fingerprint density at radius 3 is 2.72 bits per heavy atom. The minimum absolute atomic E-state index is 0.0776.